The summed E-state index contributed by atoms with van der Waals surface area (Å²) in [5.41, 5.74) is 13.5. The van der Waals surface area contributed by atoms with Crippen LogP contribution in [0.4, 0.5) is 40.2 Å². The molecule has 0 bridgehead atoms. The van der Waals surface area contributed by atoms with Crippen LogP contribution in [-0.2, 0) is 93.1 Å². The number of fused-ring (bicyclic) bond motifs is 3. The maximum absolute atomic E-state index is 15.9. The van der Waals surface area contributed by atoms with E-state index >= 15 is 13.2 Å². The second-order valence-corrected chi connectivity index (χ2v) is 38.3. The van der Waals surface area contributed by atoms with Crippen LogP contribution in [0.25, 0.3) is 55.7 Å². The van der Waals surface area contributed by atoms with Gasteiger partial charge in [0, 0.05) is 70.6 Å². The number of esters is 1. The molecule has 2 amide bonds. The van der Waals surface area contributed by atoms with Crippen LogP contribution in [0.15, 0.2) is 200 Å². The van der Waals surface area contributed by atoms with Crippen LogP contribution >= 0.6 is 57.2 Å². The first-order valence-electron chi connectivity index (χ1n) is 44.4. The number of aromatic nitrogens is 18. The number of anilines is 3. The van der Waals surface area contributed by atoms with Crippen LogP contribution in [0, 0.1) is 6.92 Å². The van der Waals surface area contributed by atoms with E-state index in [1.165, 1.54) is 116 Å². The lowest BCUT2D eigenvalue weighted by Crippen LogP contribution is -2.45. The Morgan fingerprint density at radius 3 is 1.20 bits per heavy atom. The summed E-state index contributed by atoms with van der Waals surface area (Å²) in [5.74, 6) is -3.73. The van der Waals surface area contributed by atoms with E-state index in [4.69, 9.17) is 87.3 Å². The van der Waals surface area contributed by atoms with Crippen molar-refractivity contribution < 1.29 is 115 Å². The molecule has 14 N–H and O–H groups in total. The van der Waals surface area contributed by atoms with E-state index in [0.717, 1.165) is 17.5 Å². The number of hydrogen-bond acceptors (Lipinski definition) is 39. The highest BCUT2D eigenvalue weighted by atomic mass is 35.5. The van der Waals surface area contributed by atoms with Gasteiger partial charge in [-0.25, -0.2) is 77.0 Å². The molecular formula is C93H93BCl2F3N21O24S3. The predicted octanol–water partition coefficient (Wildman–Crippen LogP) is 8.67. The molecule has 147 heavy (non-hydrogen) atoms. The van der Waals surface area contributed by atoms with Gasteiger partial charge >= 0.3 is 37.2 Å². The summed E-state index contributed by atoms with van der Waals surface area (Å²) in [5, 5.41) is 74.9. The molecule has 0 aliphatic carbocycles. The third-order valence-corrected chi connectivity index (χ3v) is 25.3. The molecule has 12 aromatic heterocycles. The number of aliphatic hydroxyl groups excluding tert-OH is 3. The number of carboxylic acids is 2. The predicted molar refractivity (Wildman–Crippen MR) is 525 cm³/mol. The first-order valence-corrected chi connectivity index (χ1v) is 48.0. The lowest BCUT2D eigenvalue weighted by Gasteiger charge is -2.31. The molecule has 15 aromatic rings. The number of methoxy groups -OCH3 is 1. The minimum Gasteiger partial charge on any atom is -0.479 e. The minimum atomic E-state index is -2.02. The number of pyridine rings is 3. The van der Waals surface area contributed by atoms with Gasteiger partial charge in [-0.05, 0) is 130 Å². The molecule has 0 saturated carbocycles. The van der Waals surface area contributed by atoms with E-state index < -0.39 is 164 Å². The van der Waals surface area contributed by atoms with Gasteiger partial charge in [0.25, 0.3) is 11.1 Å². The number of imidazole rings is 3. The standard InChI is InChI=1S/C34H41FN6O9S.2C27H23ClFN7O6S.C5H6BNO3/c1-19-9-11-20(12-10-19)13-34(29(43)46-8,22-15-51-18-39-22)47-14-21-25(42)23(35)28(48-21)40-17-38-24-26(40)36-16-37-27(24)41(30(44)49-32(2,3)4)31(45)50-33(5,6)7;2*28-26-34-21(30)19-22(35-26)36(11-32-19)24-18(29)20(37)16(42-24)9-41-27(25(39)40,17-10-43-12-33-17)8-13-3-5-14(6-4-13)15-2-1-7-31-23(15)38;8-5-4(6(9)10)2-1-3-7-5/h9-12,15-18,21,23,25,28,42H,13-14H2,1-8H3;2*1-7,10-12,16,18,20,24,37H,8-9H2,(H,31,38)(H,39,40)(H2,30,34,35);1-3,9-10H,(H,7,8)/t21-,23+,25-,28-,34?;16-,18+,20-,24-,27+;16-,18+,20-,24-,27-;/m111./s1. The van der Waals surface area contributed by atoms with Gasteiger partial charge in [0.15, 0.2) is 77.1 Å². The Bertz CT molecular complexity index is 7090. The fraction of sp³-hybridized carbons (Fsp3) is 0.333. The number of nitrogen functional groups attached to an aromatic ring is 2. The molecule has 1 unspecified atom stereocenters. The second-order valence-electron chi connectivity index (χ2n) is 35.4. The number of thiazole rings is 3. The number of aryl methyl sites for hydroxylation is 1. The van der Waals surface area contributed by atoms with Crippen molar-refractivity contribution in [2.75, 3.05) is 43.3 Å². The van der Waals surface area contributed by atoms with Gasteiger partial charge in [-0.15, -0.1) is 34.0 Å². The first kappa shape index (κ1) is 107. The summed E-state index contributed by atoms with van der Waals surface area (Å²) >= 11 is 15.5. The SMILES string of the molecule is COC(=O)C(Cc1ccc(C)cc1)(OC[C@H]1O[C@@H](n2cnc3c(N(C(=O)OC(C)(C)C)C(=O)OC(C)(C)C)ncnc32)[C@@H](F)[C@@H]1O)c1cscn1.Nc1nc(Cl)nc2c1ncn2[C@@H]1O[C@H](CO[C@@](Cc2ccc(-c3ccc[nH]c3=O)cc2)(C(=O)O)c2cscn2)[C@@H](O)[C@@H]1F.Nc1nc(Cl)nc2c1ncn2[C@@H]1O[C@H](CO[C@](Cc2ccc(-c3ccc[nH]c3=O)cc2)(C(=O)O)c2cscn2)[C@@H](O)[C@@H]1F.O=c1[nH]cccc1B(O)O. The van der Waals surface area contributed by atoms with Crippen LogP contribution in [0.3, 0.4) is 0 Å². The molecule has 3 aliphatic heterocycles. The van der Waals surface area contributed by atoms with Gasteiger partial charge in [-0.2, -0.15) is 24.8 Å². The molecular weight excluding hydrogens is 2030 g/mol. The third kappa shape index (κ3) is 23.4. The number of ether oxygens (including phenoxy) is 9. The highest BCUT2D eigenvalue weighted by Gasteiger charge is 2.55. The number of nitrogens with two attached hydrogens (primary N) is 2. The quantitative estimate of drug-likeness (QED) is 0.00943. The van der Waals surface area contributed by atoms with Gasteiger partial charge in [-0.1, -0.05) is 84.4 Å². The van der Waals surface area contributed by atoms with E-state index in [9.17, 15) is 63.9 Å². The summed E-state index contributed by atoms with van der Waals surface area (Å²) in [6.45, 7) is 10.3. The van der Waals surface area contributed by atoms with Crippen molar-refractivity contribution in [1.82, 2.24) is 88.5 Å². The Morgan fingerprint density at radius 2 is 0.850 bits per heavy atom. The smallest absolute Gasteiger partial charge is 0.479 e. The monoisotopic (exact) mass is 2120 g/mol. The molecule has 45 nitrogen and oxygen atoms in total. The average Bonchev–Trinajstić information content (AvgIpc) is 1.62. The molecule has 3 saturated heterocycles. The number of rotatable bonds is 28. The number of aromatic amines is 3. The second kappa shape index (κ2) is 45.0. The fourth-order valence-corrected chi connectivity index (χ4v) is 18.2. The summed E-state index contributed by atoms with van der Waals surface area (Å²) in [6, 6.07) is 30.7. The Hall–Kier alpha value is -14.2. The number of halogens is 5. The third-order valence-electron chi connectivity index (χ3n) is 23.2. The molecule has 0 radical (unpaired) electrons. The Labute approximate surface area is 851 Å². The van der Waals surface area contributed by atoms with E-state index in [1.54, 1.807) is 136 Å². The van der Waals surface area contributed by atoms with Crippen molar-refractivity contribution in [3.05, 3.63) is 267 Å². The summed E-state index contributed by atoms with van der Waals surface area (Å²) < 4.78 is 102. The molecule has 15 atom stereocenters. The highest BCUT2D eigenvalue weighted by molar-refractivity contribution is 7.08. The number of benzene rings is 3. The summed E-state index contributed by atoms with van der Waals surface area (Å²) in [7, 11) is -0.464. The number of carbonyl (C=O) groups is 5. The Kier molecular flexibility index (Phi) is 32.8. The van der Waals surface area contributed by atoms with E-state index in [0.29, 0.717) is 38.3 Å². The van der Waals surface area contributed by atoms with Gasteiger partial charge in [0.05, 0.1) is 79.5 Å². The molecule has 3 aliphatic rings. The normalized spacial score (nSPS) is 20.4. The maximum atomic E-state index is 15.9. The van der Waals surface area contributed by atoms with Crippen LogP contribution in [0.5, 0.6) is 0 Å². The van der Waals surface area contributed by atoms with Gasteiger partial charge < -0.3 is 105 Å². The van der Waals surface area contributed by atoms with Crippen LogP contribution in [-0.4, -0.2) is 255 Å². The molecule has 18 rings (SSSR count). The van der Waals surface area contributed by atoms with Crippen LogP contribution in [0.1, 0.15) is 99.6 Å². The van der Waals surface area contributed by atoms with Crippen molar-refractivity contribution in [2.24, 2.45) is 0 Å². The zero-order chi connectivity index (χ0) is 105. The van der Waals surface area contributed by atoms with Gasteiger partial charge in [0.1, 0.15) is 65.2 Å². The number of nitrogens with zero attached hydrogens (tertiary/aromatic N) is 16. The van der Waals surface area contributed by atoms with Crippen molar-refractivity contribution in [3.8, 4) is 22.3 Å². The number of aliphatic carboxylic acids is 2. The van der Waals surface area contributed by atoms with E-state index in [2.05, 4.69) is 74.8 Å². The zero-order valence-electron chi connectivity index (χ0n) is 78.6. The van der Waals surface area contributed by atoms with E-state index in [1.807, 2.05) is 31.2 Å². The Balaban J connectivity index is 0.000000158. The van der Waals surface area contributed by atoms with Crippen molar-refractivity contribution >= 4 is 151 Å². The number of hydrogen-bond donors (Lipinski definition) is 12. The number of imide groups is 1. The van der Waals surface area contributed by atoms with E-state index in [-0.39, 0.29) is 114 Å². The maximum Gasteiger partial charge on any atom is 0.494 e. The number of aliphatic hydroxyl groups is 3. The number of alkyl halides is 3. The fourth-order valence-electron chi connectivity index (χ4n) is 16.0. The molecule has 770 valence electrons. The average molecular weight is 2120 g/mol. The Morgan fingerprint density at radius 1 is 0.490 bits per heavy atom. The van der Waals surface area contributed by atoms with Crippen LogP contribution < -0.4 is 38.5 Å². The highest BCUT2D eigenvalue weighted by Crippen LogP contribution is 2.44. The lowest BCUT2D eigenvalue weighted by molar-refractivity contribution is -0.180. The number of carbonyl (C=O) groups excluding carboxylic acids is 3. The largest absolute Gasteiger partial charge is 0.494 e. The molecule has 54 heteroatoms. The molecule has 0 spiro atoms. The number of carboxylic acid groups (broad SMARTS) is 2. The molecule has 3 fully saturated rings. The topological polar surface area (TPSA) is 633 Å². The molecule has 15 heterocycles. The van der Waals surface area contributed by atoms with Gasteiger partial charge in [-0.3, -0.25) is 28.1 Å². The van der Waals surface area contributed by atoms with Crippen molar-refractivity contribution in [1.29, 1.82) is 0 Å². The van der Waals surface area contributed by atoms with Gasteiger partial charge in [0.2, 0.25) is 32.9 Å². The van der Waals surface area contributed by atoms with Crippen molar-refractivity contribution in [3.63, 3.8) is 0 Å². The summed E-state index contributed by atoms with van der Waals surface area (Å²) in [4.78, 5) is 158. The molecule has 3 aromatic carbocycles. The number of nitrogens with one attached hydrogen (secondary N) is 3. The number of H-pyrrole nitrogens is 3. The zero-order valence-corrected chi connectivity index (χ0v) is 82.6. The minimum absolute atomic E-state index is 0.0132. The number of amides is 2. The summed E-state index contributed by atoms with van der Waals surface area (Å²) in [6.07, 6.45) is -12.3. The van der Waals surface area contributed by atoms with Crippen molar-refractivity contribution in [2.45, 2.75) is 170 Å². The lowest BCUT2D eigenvalue weighted by atomic mass is 9.81. The van der Waals surface area contributed by atoms with Crippen LogP contribution in [0.2, 0.25) is 10.6 Å². The first-order chi connectivity index (χ1) is 70.0.